The molecule has 0 radical (unpaired) electrons. The Morgan fingerprint density at radius 1 is 1.55 bits per heavy atom. The van der Waals surface area contributed by atoms with E-state index in [-0.39, 0.29) is 30.4 Å². The van der Waals surface area contributed by atoms with E-state index in [0.29, 0.717) is 5.56 Å². The molecule has 0 aliphatic rings. The molecule has 1 rings (SSSR count). The first-order valence-corrected chi connectivity index (χ1v) is 5.91. The quantitative estimate of drug-likeness (QED) is 0.492. The van der Waals surface area contributed by atoms with Crippen LogP contribution in [0.5, 0.6) is 0 Å². The number of carbonyl (C=O) groups is 1. The van der Waals surface area contributed by atoms with Crippen molar-refractivity contribution in [2.75, 3.05) is 32.6 Å². The Balaban J connectivity index is 2.94. The molecule has 20 heavy (non-hydrogen) atoms. The lowest BCUT2D eigenvalue weighted by Crippen LogP contribution is -2.24. The predicted octanol–water partition coefficient (Wildman–Crippen LogP) is 0.374. The number of nitro groups is 1. The summed E-state index contributed by atoms with van der Waals surface area (Å²) in [6.45, 7) is 0.182. The van der Waals surface area contributed by atoms with Crippen LogP contribution >= 0.6 is 0 Å². The van der Waals surface area contributed by atoms with E-state index in [4.69, 9.17) is 4.74 Å². The van der Waals surface area contributed by atoms with Crippen molar-refractivity contribution in [2.45, 2.75) is 6.10 Å². The number of aliphatic hydroxyl groups excluding tert-OH is 1. The fourth-order valence-electron chi connectivity index (χ4n) is 1.60. The summed E-state index contributed by atoms with van der Waals surface area (Å²) in [5, 5.41) is 25.6. The minimum Gasteiger partial charge on any atom is -0.389 e. The predicted molar refractivity (Wildman–Crippen MR) is 72.9 cm³/mol. The van der Waals surface area contributed by atoms with Crippen LogP contribution in [0.1, 0.15) is 10.4 Å². The van der Waals surface area contributed by atoms with E-state index in [9.17, 15) is 20.0 Å². The number of anilines is 1. The Labute approximate surface area is 115 Å². The Hall–Kier alpha value is -2.19. The smallest absolute Gasteiger partial charge is 0.292 e. The van der Waals surface area contributed by atoms with Gasteiger partial charge in [-0.05, 0) is 12.1 Å². The van der Waals surface area contributed by atoms with E-state index < -0.39 is 11.0 Å². The summed E-state index contributed by atoms with van der Waals surface area (Å²) < 4.78 is 4.76. The average Bonchev–Trinajstić information content (AvgIpc) is 2.44. The number of nitro benzene ring substituents is 1. The van der Waals surface area contributed by atoms with Crippen LogP contribution in [-0.4, -0.2) is 49.4 Å². The normalized spacial score (nSPS) is 11.8. The van der Waals surface area contributed by atoms with Crippen molar-refractivity contribution in [1.29, 1.82) is 0 Å². The van der Waals surface area contributed by atoms with Crippen molar-refractivity contribution < 1.29 is 19.6 Å². The molecule has 1 atom stereocenters. The van der Waals surface area contributed by atoms with Crippen molar-refractivity contribution in [3.05, 3.63) is 33.9 Å². The molecule has 1 amide bonds. The fraction of sp³-hybridized carbons (Fsp3) is 0.417. The number of aliphatic hydroxyl groups is 1. The monoisotopic (exact) mass is 283 g/mol. The van der Waals surface area contributed by atoms with E-state index >= 15 is 0 Å². The van der Waals surface area contributed by atoms with Crippen molar-refractivity contribution in [3.63, 3.8) is 0 Å². The largest absolute Gasteiger partial charge is 0.389 e. The maximum atomic E-state index is 11.5. The topological polar surface area (TPSA) is 114 Å². The molecule has 0 saturated carbocycles. The molecule has 8 nitrogen and oxygen atoms in total. The van der Waals surface area contributed by atoms with E-state index in [1.165, 1.54) is 32.4 Å². The van der Waals surface area contributed by atoms with Crippen molar-refractivity contribution in [1.82, 2.24) is 5.32 Å². The number of nitrogens with one attached hydrogen (secondary N) is 2. The molecular formula is C12H17N3O5. The van der Waals surface area contributed by atoms with Gasteiger partial charge in [0.1, 0.15) is 5.69 Å². The number of methoxy groups -OCH3 is 1. The Kier molecular flexibility index (Phi) is 5.88. The van der Waals surface area contributed by atoms with Gasteiger partial charge in [-0.15, -0.1) is 0 Å². The maximum Gasteiger partial charge on any atom is 0.292 e. The van der Waals surface area contributed by atoms with E-state index in [0.717, 1.165) is 0 Å². The van der Waals surface area contributed by atoms with Crippen molar-refractivity contribution in [3.8, 4) is 0 Å². The van der Waals surface area contributed by atoms with Gasteiger partial charge in [-0.25, -0.2) is 0 Å². The zero-order valence-corrected chi connectivity index (χ0v) is 11.3. The van der Waals surface area contributed by atoms with Gasteiger partial charge in [-0.1, -0.05) is 0 Å². The first kappa shape index (κ1) is 15.9. The molecule has 1 aromatic carbocycles. The minimum absolute atomic E-state index is 0.0753. The third kappa shape index (κ3) is 4.18. The molecule has 0 aliphatic carbocycles. The minimum atomic E-state index is -0.803. The van der Waals surface area contributed by atoms with Crippen molar-refractivity contribution in [2.24, 2.45) is 0 Å². The zero-order valence-electron chi connectivity index (χ0n) is 11.3. The van der Waals surface area contributed by atoms with Gasteiger partial charge < -0.3 is 20.5 Å². The highest BCUT2D eigenvalue weighted by atomic mass is 16.6. The van der Waals surface area contributed by atoms with Gasteiger partial charge in [-0.3, -0.25) is 14.9 Å². The highest BCUT2D eigenvalue weighted by Crippen LogP contribution is 2.25. The van der Waals surface area contributed by atoms with Crippen LogP contribution in [-0.2, 0) is 4.74 Å². The molecule has 110 valence electrons. The third-order valence-electron chi connectivity index (χ3n) is 2.57. The fourth-order valence-corrected chi connectivity index (χ4v) is 1.60. The zero-order chi connectivity index (χ0) is 15.1. The van der Waals surface area contributed by atoms with Gasteiger partial charge in [-0.2, -0.15) is 0 Å². The summed E-state index contributed by atoms with van der Waals surface area (Å²) in [6.07, 6.45) is -0.803. The van der Waals surface area contributed by atoms with E-state index in [1.807, 2.05) is 0 Å². The molecule has 0 aromatic heterocycles. The Morgan fingerprint density at radius 3 is 2.80 bits per heavy atom. The van der Waals surface area contributed by atoms with Gasteiger partial charge >= 0.3 is 0 Å². The van der Waals surface area contributed by atoms with Crippen LogP contribution in [0.3, 0.4) is 0 Å². The lowest BCUT2D eigenvalue weighted by Gasteiger charge is -2.12. The lowest BCUT2D eigenvalue weighted by molar-refractivity contribution is -0.384. The number of rotatable bonds is 7. The van der Waals surface area contributed by atoms with Gasteiger partial charge in [0.05, 0.1) is 17.6 Å². The van der Waals surface area contributed by atoms with Crippen LogP contribution in [0.2, 0.25) is 0 Å². The summed E-state index contributed by atoms with van der Waals surface area (Å²) in [6, 6.07) is 3.99. The van der Waals surface area contributed by atoms with Crippen LogP contribution in [0.25, 0.3) is 0 Å². The van der Waals surface area contributed by atoms with Gasteiger partial charge in [0, 0.05) is 32.3 Å². The Morgan fingerprint density at radius 2 is 2.25 bits per heavy atom. The van der Waals surface area contributed by atoms with Gasteiger partial charge in [0.25, 0.3) is 11.6 Å². The summed E-state index contributed by atoms with van der Waals surface area (Å²) in [5.74, 6) is -0.347. The maximum absolute atomic E-state index is 11.5. The molecule has 0 bridgehead atoms. The number of nitrogens with zero attached hydrogens (tertiary/aromatic N) is 1. The van der Waals surface area contributed by atoms with Crippen molar-refractivity contribution >= 4 is 17.3 Å². The molecular weight excluding hydrogens is 266 g/mol. The van der Waals surface area contributed by atoms with E-state index in [1.54, 1.807) is 0 Å². The van der Waals surface area contributed by atoms with Gasteiger partial charge in [0.2, 0.25) is 0 Å². The molecule has 0 fully saturated rings. The summed E-state index contributed by atoms with van der Waals surface area (Å²) in [7, 11) is 2.91. The number of hydrogen-bond donors (Lipinski definition) is 3. The van der Waals surface area contributed by atoms with Gasteiger partial charge in [0.15, 0.2) is 0 Å². The summed E-state index contributed by atoms with van der Waals surface area (Å²) in [4.78, 5) is 21.9. The first-order chi connectivity index (χ1) is 9.49. The molecule has 0 aliphatic heterocycles. The molecule has 1 aromatic rings. The first-order valence-electron chi connectivity index (χ1n) is 5.91. The highest BCUT2D eigenvalue weighted by molar-refractivity contribution is 5.95. The van der Waals surface area contributed by atoms with E-state index in [2.05, 4.69) is 10.6 Å². The second kappa shape index (κ2) is 7.41. The molecule has 0 saturated heterocycles. The molecule has 0 spiro atoms. The number of carbonyl (C=O) groups excluding carboxylic acids is 1. The molecule has 3 N–H and O–H groups in total. The third-order valence-corrected chi connectivity index (χ3v) is 2.57. The number of ether oxygens (including phenoxy) is 1. The van der Waals surface area contributed by atoms with Crippen LogP contribution < -0.4 is 10.6 Å². The SMILES string of the molecule is CNC(=O)c1ccc([N+](=O)[O-])c(NCC(O)COC)c1. The molecule has 0 heterocycles. The number of benzene rings is 1. The van der Waals surface area contributed by atoms with Crippen LogP contribution in [0.4, 0.5) is 11.4 Å². The highest BCUT2D eigenvalue weighted by Gasteiger charge is 2.17. The second-order valence-electron chi connectivity index (χ2n) is 4.06. The van der Waals surface area contributed by atoms with Crippen LogP contribution in [0, 0.1) is 10.1 Å². The standard InChI is InChI=1S/C12H17N3O5/c1-13-12(17)8-3-4-11(15(18)19)10(5-8)14-6-9(16)7-20-2/h3-5,9,14,16H,6-7H2,1-2H3,(H,13,17). The summed E-state index contributed by atoms with van der Waals surface area (Å²) >= 11 is 0. The average molecular weight is 283 g/mol. The second-order valence-corrected chi connectivity index (χ2v) is 4.06. The Bertz CT molecular complexity index is 492. The number of hydrogen-bond acceptors (Lipinski definition) is 6. The summed E-state index contributed by atoms with van der Waals surface area (Å²) in [5.41, 5.74) is 0.301. The lowest BCUT2D eigenvalue weighted by atomic mass is 10.1. The number of amides is 1. The molecule has 8 heteroatoms. The van der Waals surface area contributed by atoms with Crippen LogP contribution in [0.15, 0.2) is 18.2 Å². The molecule has 1 unspecified atom stereocenters.